The van der Waals surface area contributed by atoms with Crippen molar-refractivity contribution in [3.63, 3.8) is 0 Å². The molecule has 0 bridgehead atoms. The van der Waals surface area contributed by atoms with Crippen molar-refractivity contribution >= 4 is 23.5 Å². The average molecular weight is 435 g/mol. The molecule has 3 rings (SSSR count). The summed E-state index contributed by atoms with van der Waals surface area (Å²) >= 11 is 5.92. The topological polar surface area (TPSA) is 70.1 Å². The van der Waals surface area contributed by atoms with Crippen LogP contribution in [0, 0.1) is 5.82 Å². The van der Waals surface area contributed by atoms with Crippen molar-refractivity contribution in [3.05, 3.63) is 64.4 Å². The van der Waals surface area contributed by atoms with Gasteiger partial charge < -0.3 is 14.7 Å². The molecule has 1 N–H and O–H groups in total. The number of carboxylic acid groups (broad SMARTS) is 1. The molecule has 2 aromatic rings. The Morgan fingerprint density at radius 2 is 1.83 bits per heavy atom. The largest absolute Gasteiger partial charge is 0.483 e. The zero-order chi connectivity index (χ0) is 21.8. The van der Waals surface area contributed by atoms with Crippen LogP contribution < -0.4 is 4.74 Å². The molecule has 0 aliphatic carbocycles. The van der Waals surface area contributed by atoms with Crippen molar-refractivity contribution in [1.82, 2.24) is 9.80 Å². The van der Waals surface area contributed by atoms with Crippen LogP contribution in [-0.4, -0.2) is 58.6 Å². The van der Waals surface area contributed by atoms with Crippen molar-refractivity contribution in [1.29, 1.82) is 0 Å². The van der Waals surface area contributed by atoms with Gasteiger partial charge in [-0.2, -0.15) is 0 Å². The maximum Gasteiger partial charge on any atom is 0.339 e. The van der Waals surface area contributed by atoms with E-state index in [-0.39, 0.29) is 41.7 Å². The fourth-order valence-corrected chi connectivity index (χ4v) is 3.77. The lowest BCUT2D eigenvalue weighted by molar-refractivity contribution is -0.139. The number of carbonyl (C=O) groups excluding carboxylic acids is 1. The summed E-state index contributed by atoms with van der Waals surface area (Å²) in [6.45, 7) is 5.59. The van der Waals surface area contributed by atoms with Gasteiger partial charge in [-0.3, -0.25) is 9.69 Å². The van der Waals surface area contributed by atoms with E-state index in [0.29, 0.717) is 24.7 Å². The van der Waals surface area contributed by atoms with Gasteiger partial charge in [0.2, 0.25) is 0 Å². The van der Waals surface area contributed by atoms with E-state index in [1.54, 1.807) is 17.0 Å². The molecule has 2 aromatic carbocycles. The standard InChI is InChI=1S/C22H24ClFN2O4/c1-14-11-26(15(2)10-25(14)12-16-3-6-18(24)7-4-16)21(27)13-30-20-9-17(23)5-8-19(20)22(28)29/h3-9,14-15H,10-13H2,1-2H3,(H,28,29)/t14-,15+/m0/s1. The van der Waals surface area contributed by atoms with Crippen LogP contribution in [0.25, 0.3) is 0 Å². The minimum atomic E-state index is -1.15. The summed E-state index contributed by atoms with van der Waals surface area (Å²) in [6, 6.07) is 10.7. The summed E-state index contributed by atoms with van der Waals surface area (Å²) in [4.78, 5) is 28.1. The van der Waals surface area contributed by atoms with Crippen LogP contribution in [0.1, 0.15) is 29.8 Å². The van der Waals surface area contributed by atoms with Crippen LogP contribution in [0.4, 0.5) is 4.39 Å². The van der Waals surface area contributed by atoms with Gasteiger partial charge in [0.15, 0.2) is 6.61 Å². The van der Waals surface area contributed by atoms with E-state index >= 15 is 0 Å². The summed E-state index contributed by atoms with van der Waals surface area (Å²) in [5, 5.41) is 9.60. The highest BCUT2D eigenvalue weighted by atomic mass is 35.5. The summed E-state index contributed by atoms with van der Waals surface area (Å²) in [7, 11) is 0. The number of amides is 1. The molecule has 8 heteroatoms. The Morgan fingerprint density at radius 3 is 2.50 bits per heavy atom. The normalized spacial score (nSPS) is 19.5. The fraction of sp³-hybridized carbons (Fsp3) is 0.364. The summed E-state index contributed by atoms with van der Waals surface area (Å²) in [5.41, 5.74) is 0.971. The number of benzene rings is 2. The molecule has 0 saturated carbocycles. The molecule has 0 radical (unpaired) electrons. The number of ether oxygens (including phenoxy) is 1. The van der Waals surface area contributed by atoms with Gasteiger partial charge in [0.1, 0.15) is 17.1 Å². The predicted molar refractivity (Wildman–Crippen MR) is 111 cm³/mol. The summed E-state index contributed by atoms with van der Waals surface area (Å²) < 4.78 is 18.6. The van der Waals surface area contributed by atoms with Crippen LogP contribution in [0.15, 0.2) is 42.5 Å². The molecule has 0 unspecified atom stereocenters. The van der Waals surface area contributed by atoms with E-state index in [1.165, 1.54) is 30.3 Å². The zero-order valence-electron chi connectivity index (χ0n) is 16.8. The highest BCUT2D eigenvalue weighted by molar-refractivity contribution is 6.30. The second-order valence-corrected chi connectivity index (χ2v) is 7.97. The average Bonchev–Trinajstić information content (AvgIpc) is 2.70. The van der Waals surface area contributed by atoms with Crippen molar-refractivity contribution in [2.75, 3.05) is 19.7 Å². The van der Waals surface area contributed by atoms with Crippen LogP contribution in [0.3, 0.4) is 0 Å². The number of hydrogen-bond acceptors (Lipinski definition) is 4. The Labute approximate surface area is 179 Å². The lowest BCUT2D eigenvalue weighted by atomic mass is 10.1. The van der Waals surface area contributed by atoms with Crippen molar-refractivity contribution < 1.29 is 23.8 Å². The number of aromatic carboxylic acids is 1. The maximum atomic E-state index is 13.1. The molecular weight excluding hydrogens is 411 g/mol. The van der Waals surface area contributed by atoms with E-state index in [0.717, 1.165) is 5.56 Å². The van der Waals surface area contributed by atoms with Crippen LogP contribution in [0.2, 0.25) is 5.02 Å². The molecule has 1 fully saturated rings. The molecule has 1 amide bonds. The minimum absolute atomic E-state index is 0.0438. The maximum absolute atomic E-state index is 13.1. The fourth-order valence-electron chi connectivity index (χ4n) is 3.60. The molecule has 160 valence electrons. The lowest BCUT2D eigenvalue weighted by Crippen LogP contribution is -2.58. The molecule has 1 aliphatic rings. The first-order valence-electron chi connectivity index (χ1n) is 9.68. The number of carbonyl (C=O) groups is 2. The monoisotopic (exact) mass is 434 g/mol. The van der Waals surface area contributed by atoms with Crippen LogP contribution in [-0.2, 0) is 11.3 Å². The van der Waals surface area contributed by atoms with E-state index in [4.69, 9.17) is 16.3 Å². The number of piperazine rings is 1. The summed E-state index contributed by atoms with van der Waals surface area (Å²) in [6.07, 6.45) is 0. The minimum Gasteiger partial charge on any atom is -0.483 e. The molecule has 1 saturated heterocycles. The number of carboxylic acids is 1. The highest BCUT2D eigenvalue weighted by Crippen LogP contribution is 2.24. The molecule has 0 aromatic heterocycles. The zero-order valence-corrected chi connectivity index (χ0v) is 17.6. The van der Waals surface area contributed by atoms with Gasteiger partial charge in [-0.05, 0) is 49.7 Å². The third-order valence-corrected chi connectivity index (χ3v) is 5.49. The van der Waals surface area contributed by atoms with Crippen molar-refractivity contribution in [2.24, 2.45) is 0 Å². The van der Waals surface area contributed by atoms with E-state index < -0.39 is 5.97 Å². The second-order valence-electron chi connectivity index (χ2n) is 7.53. The Hall–Kier alpha value is -2.64. The van der Waals surface area contributed by atoms with Gasteiger partial charge in [0, 0.05) is 36.7 Å². The first-order valence-corrected chi connectivity index (χ1v) is 10.1. The molecular formula is C22H24ClFN2O4. The van der Waals surface area contributed by atoms with Gasteiger partial charge in [-0.25, -0.2) is 9.18 Å². The van der Waals surface area contributed by atoms with Gasteiger partial charge in [-0.1, -0.05) is 23.7 Å². The Balaban J connectivity index is 1.61. The lowest BCUT2D eigenvalue weighted by Gasteiger charge is -2.44. The molecule has 1 heterocycles. The van der Waals surface area contributed by atoms with Gasteiger partial charge in [-0.15, -0.1) is 0 Å². The predicted octanol–water partition coefficient (Wildman–Crippen LogP) is 3.68. The Bertz CT molecular complexity index is 922. The SMILES string of the molecule is C[C@@H]1CN(Cc2ccc(F)cc2)[C@@H](C)CN1C(=O)COc1cc(Cl)ccc1C(=O)O. The molecule has 0 spiro atoms. The molecule has 1 aliphatic heterocycles. The molecule has 6 nitrogen and oxygen atoms in total. The second kappa shape index (κ2) is 9.45. The Kier molecular flexibility index (Phi) is 6.95. The van der Waals surface area contributed by atoms with Gasteiger partial charge >= 0.3 is 5.97 Å². The van der Waals surface area contributed by atoms with E-state index in [9.17, 15) is 19.1 Å². The van der Waals surface area contributed by atoms with Gasteiger partial charge in [0.05, 0.1) is 0 Å². The van der Waals surface area contributed by atoms with Crippen molar-refractivity contribution in [3.8, 4) is 5.75 Å². The van der Waals surface area contributed by atoms with Crippen LogP contribution >= 0.6 is 11.6 Å². The number of halogens is 2. The van der Waals surface area contributed by atoms with Crippen LogP contribution in [0.5, 0.6) is 5.75 Å². The number of nitrogens with zero attached hydrogens (tertiary/aromatic N) is 2. The van der Waals surface area contributed by atoms with Gasteiger partial charge in [0.25, 0.3) is 5.91 Å². The van der Waals surface area contributed by atoms with E-state index in [1.807, 2.05) is 13.8 Å². The van der Waals surface area contributed by atoms with E-state index in [2.05, 4.69) is 4.90 Å². The molecule has 30 heavy (non-hydrogen) atoms. The van der Waals surface area contributed by atoms with Crippen molar-refractivity contribution in [2.45, 2.75) is 32.5 Å². The third-order valence-electron chi connectivity index (χ3n) is 5.26. The highest BCUT2D eigenvalue weighted by Gasteiger charge is 2.32. The summed E-state index contributed by atoms with van der Waals surface area (Å²) in [5.74, 6) is -1.56. The smallest absolute Gasteiger partial charge is 0.339 e. The third kappa shape index (κ3) is 5.29. The first-order chi connectivity index (χ1) is 14.2. The Morgan fingerprint density at radius 1 is 1.13 bits per heavy atom. The molecule has 2 atom stereocenters. The quantitative estimate of drug-likeness (QED) is 0.751. The first kappa shape index (κ1) is 22.1. The number of hydrogen-bond donors (Lipinski definition) is 1. The number of rotatable bonds is 6.